The van der Waals surface area contributed by atoms with E-state index in [4.69, 9.17) is 4.52 Å². The van der Waals surface area contributed by atoms with Crippen molar-refractivity contribution in [3.63, 3.8) is 0 Å². The van der Waals surface area contributed by atoms with E-state index in [1.54, 1.807) is 11.0 Å². The second kappa shape index (κ2) is 6.15. The average Bonchev–Trinajstić information content (AvgIpc) is 2.86. The average molecular weight is 294 g/mol. The van der Waals surface area contributed by atoms with Crippen LogP contribution in [0.1, 0.15) is 39.4 Å². The number of carbonyl (C=O) groups excluding carboxylic acids is 2. The van der Waals surface area contributed by atoms with Crippen molar-refractivity contribution in [1.29, 1.82) is 0 Å². The van der Waals surface area contributed by atoms with Gasteiger partial charge in [0.1, 0.15) is 11.8 Å². The molecular formula is C14H22N4O3. The van der Waals surface area contributed by atoms with Crippen LogP contribution in [0, 0.1) is 5.92 Å². The summed E-state index contributed by atoms with van der Waals surface area (Å²) in [6.07, 6.45) is 0. The monoisotopic (exact) mass is 294 g/mol. The fourth-order valence-electron chi connectivity index (χ4n) is 2.38. The van der Waals surface area contributed by atoms with E-state index in [1.807, 2.05) is 27.7 Å². The number of hydrogen-bond acceptors (Lipinski definition) is 4. The fraction of sp³-hybridized carbons (Fsp3) is 0.643. The predicted octanol–water partition coefficient (Wildman–Crippen LogP) is 1.79. The van der Waals surface area contributed by atoms with Gasteiger partial charge in [-0.25, -0.2) is 4.79 Å². The SMILES string of the molecule is CC(C)c1cc(NC(=O)N2CCNC(=O)[C@@H]2C(C)C)no1. The number of amides is 3. The van der Waals surface area contributed by atoms with Gasteiger partial charge < -0.3 is 14.7 Å². The molecule has 116 valence electrons. The maximum absolute atomic E-state index is 12.4. The molecule has 1 saturated heterocycles. The highest BCUT2D eigenvalue weighted by Gasteiger charge is 2.35. The molecule has 1 aromatic rings. The van der Waals surface area contributed by atoms with E-state index in [2.05, 4.69) is 15.8 Å². The second-order valence-corrected chi connectivity index (χ2v) is 5.87. The Labute approximate surface area is 124 Å². The van der Waals surface area contributed by atoms with Crippen LogP contribution >= 0.6 is 0 Å². The molecular weight excluding hydrogens is 272 g/mol. The molecule has 2 rings (SSSR count). The van der Waals surface area contributed by atoms with Crippen molar-refractivity contribution in [3.05, 3.63) is 11.8 Å². The Bertz CT molecular complexity index is 524. The van der Waals surface area contributed by atoms with Gasteiger partial charge in [0.15, 0.2) is 5.82 Å². The van der Waals surface area contributed by atoms with Crippen LogP contribution < -0.4 is 10.6 Å². The Morgan fingerprint density at radius 3 is 2.76 bits per heavy atom. The van der Waals surface area contributed by atoms with Crippen LogP contribution in [0.15, 0.2) is 10.6 Å². The first kappa shape index (κ1) is 15.3. The lowest BCUT2D eigenvalue weighted by Gasteiger charge is -2.36. The van der Waals surface area contributed by atoms with Crippen LogP contribution in [0.2, 0.25) is 0 Å². The Kier molecular flexibility index (Phi) is 4.50. The van der Waals surface area contributed by atoms with Crippen molar-refractivity contribution in [2.75, 3.05) is 18.4 Å². The minimum atomic E-state index is -0.463. The number of anilines is 1. The molecule has 21 heavy (non-hydrogen) atoms. The van der Waals surface area contributed by atoms with Crippen LogP contribution in [0.5, 0.6) is 0 Å². The molecule has 7 nitrogen and oxygen atoms in total. The van der Waals surface area contributed by atoms with Gasteiger partial charge in [0, 0.05) is 25.1 Å². The normalized spacial score (nSPS) is 19.0. The highest BCUT2D eigenvalue weighted by Crippen LogP contribution is 2.19. The molecule has 2 heterocycles. The molecule has 1 aromatic heterocycles. The largest absolute Gasteiger partial charge is 0.359 e. The van der Waals surface area contributed by atoms with Crippen LogP contribution in [-0.4, -0.2) is 41.1 Å². The zero-order valence-corrected chi connectivity index (χ0v) is 12.8. The molecule has 1 aliphatic rings. The molecule has 0 radical (unpaired) electrons. The highest BCUT2D eigenvalue weighted by atomic mass is 16.5. The molecule has 1 aliphatic heterocycles. The summed E-state index contributed by atoms with van der Waals surface area (Å²) in [7, 11) is 0. The van der Waals surface area contributed by atoms with E-state index < -0.39 is 6.04 Å². The summed E-state index contributed by atoms with van der Waals surface area (Å²) in [6, 6.07) is 0.916. The van der Waals surface area contributed by atoms with Crippen molar-refractivity contribution >= 4 is 17.8 Å². The Morgan fingerprint density at radius 2 is 2.19 bits per heavy atom. The summed E-state index contributed by atoms with van der Waals surface area (Å²) in [6.45, 7) is 8.75. The van der Waals surface area contributed by atoms with Gasteiger partial charge in [0.2, 0.25) is 5.91 Å². The number of carbonyl (C=O) groups is 2. The number of piperazine rings is 1. The smallest absolute Gasteiger partial charge is 0.323 e. The summed E-state index contributed by atoms with van der Waals surface area (Å²) >= 11 is 0. The first-order valence-electron chi connectivity index (χ1n) is 7.22. The van der Waals surface area contributed by atoms with Crippen LogP contribution in [0.4, 0.5) is 10.6 Å². The lowest BCUT2D eigenvalue weighted by molar-refractivity contribution is -0.129. The molecule has 7 heteroatoms. The number of aromatic nitrogens is 1. The minimum Gasteiger partial charge on any atom is -0.359 e. The van der Waals surface area contributed by atoms with Gasteiger partial charge in [0.25, 0.3) is 0 Å². The summed E-state index contributed by atoms with van der Waals surface area (Å²) in [5.41, 5.74) is 0. The molecule has 0 aromatic carbocycles. The second-order valence-electron chi connectivity index (χ2n) is 5.87. The fourth-order valence-corrected chi connectivity index (χ4v) is 2.38. The third-order valence-corrected chi connectivity index (χ3v) is 3.48. The molecule has 0 aliphatic carbocycles. The van der Waals surface area contributed by atoms with Gasteiger partial charge in [-0.05, 0) is 5.92 Å². The number of nitrogens with one attached hydrogen (secondary N) is 2. The topological polar surface area (TPSA) is 87.5 Å². The van der Waals surface area contributed by atoms with Gasteiger partial charge in [-0.15, -0.1) is 0 Å². The van der Waals surface area contributed by atoms with Gasteiger partial charge in [-0.3, -0.25) is 10.1 Å². The molecule has 0 unspecified atom stereocenters. The van der Waals surface area contributed by atoms with Crippen molar-refractivity contribution in [2.24, 2.45) is 5.92 Å². The Hall–Kier alpha value is -2.05. The van der Waals surface area contributed by atoms with E-state index in [1.165, 1.54) is 0 Å². The minimum absolute atomic E-state index is 0.0413. The number of nitrogens with zero attached hydrogens (tertiary/aromatic N) is 2. The molecule has 1 fully saturated rings. The van der Waals surface area contributed by atoms with E-state index in [0.29, 0.717) is 24.7 Å². The van der Waals surface area contributed by atoms with Gasteiger partial charge in [-0.1, -0.05) is 32.9 Å². The van der Waals surface area contributed by atoms with E-state index in [0.717, 1.165) is 0 Å². The van der Waals surface area contributed by atoms with E-state index in [9.17, 15) is 9.59 Å². The van der Waals surface area contributed by atoms with Gasteiger partial charge in [-0.2, -0.15) is 0 Å². The van der Waals surface area contributed by atoms with Crippen molar-refractivity contribution in [2.45, 2.75) is 39.7 Å². The van der Waals surface area contributed by atoms with E-state index >= 15 is 0 Å². The first-order chi connectivity index (χ1) is 9.90. The van der Waals surface area contributed by atoms with Crippen LogP contribution in [-0.2, 0) is 4.79 Å². The third kappa shape index (κ3) is 3.34. The summed E-state index contributed by atoms with van der Waals surface area (Å²) in [5, 5.41) is 9.31. The third-order valence-electron chi connectivity index (χ3n) is 3.48. The van der Waals surface area contributed by atoms with E-state index in [-0.39, 0.29) is 23.8 Å². The van der Waals surface area contributed by atoms with Crippen LogP contribution in [0.25, 0.3) is 0 Å². The lowest BCUT2D eigenvalue weighted by atomic mass is 10.00. The summed E-state index contributed by atoms with van der Waals surface area (Å²) < 4.78 is 5.15. The first-order valence-corrected chi connectivity index (χ1v) is 7.22. The zero-order valence-electron chi connectivity index (χ0n) is 12.8. The van der Waals surface area contributed by atoms with Gasteiger partial charge >= 0.3 is 6.03 Å². The summed E-state index contributed by atoms with van der Waals surface area (Å²) in [5.74, 6) is 1.21. The molecule has 3 amide bonds. The molecule has 0 saturated carbocycles. The van der Waals surface area contributed by atoms with Crippen LogP contribution in [0.3, 0.4) is 0 Å². The predicted molar refractivity (Wildman–Crippen MR) is 78.0 cm³/mol. The maximum atomic E-state index is 12.4. The molecule has 2 N–H and O–H groups in total. The highest BCUT2D eigenvalue weighted by molar-refractivity contribution is 5.94. The molecule has 0 spiro atoms. The summed E-state index contributed by atoms with van der Waals surface area (Å²) in [4.78, 5) is 25.8. The van der Waals surface area contributed by atoms with Crippen molar-refractivity contribution < 1.29 is 14.1 Å². The van der Waals surface area contributed by atoms with Crippen molar-refractivity contribution in [1.82, 2.24) is 15.4 Å². The Balaban J connectivity index is 2.08. The quantitative estimate of drug-likeness (QED) is 0.889. The number of urea groups is 1. The number of hydrogen-bond donors (Lipinski definition) is 2. The zero-order chi connectivity index (χ0) is 15.6. The Morgan fingerprint density at radius 1 is 1.48 bits per heavy atom. The number of rotatable bonds is 3. The molecule has 1 atom stereocenters. The standard InChI is InChI=1S/C14H22N4O3/c1-8(2)10-7-11(17-21-10)16-14(20)18-6-5-15-13(19)12(18)9(3)4/h7-9,12H,5-6H2,1-4H3,(H,15,19)(H,16,17,20)/t12-/m0/s1. The van der Waals surface area contributed by atoms with Gasteiger partial charge in [0.05, 0.1) is 0 Å². The maximum Gasteiger partial charge on any atom is 0.323 e. The lowest BCUT2D eigenvalue weighted by Crippen LogP contribution is -2.60. The van der Waals surface area contributed by atoms with Crippen molar-refractivity contribution in [3.8, 4) is 0 Å². The molecule has 0 bridgehead atoms.